The summed E-state index contributed by atoms with van der Waals surface area (Å²) in [6.07, 6.45) is 3.19. The summed E-state index contributed by atoms with van der Waals surface area (Å²) in [5.41, 5.74) is 0. The first-order valence-electron chi connectivity index (χ1n) is 2.25. The third-order valence-electron chi connectivity index (χ3n) is 0.658. The summed E-state index contributed by atoms with van der Waals surface area (Å²) in [4.78, 5) is 1.12. The molecule has 0 rings (SSSR count). The van der Waals surface area contributed by atoms with Crippen LogP contribution in [0.25, 0.3) is 0 Å². The highest BCUT2D eigenvalue weighted by molar-refractivity contribution is 7.98. The molecular weight excluding hydrogens is 124 g/mol. The fourth-order valence-corrected chi connectivity index (χ4v) is 0.987. The average Bonchev–Trinajstić information content (AvgIpc) is 1.61. The molecule has 0 bridgehead atoms. The van der Waals surface area contributed by atoms with Crippen LogP contribution < -0.4 is 0 Å². The van der Waals surface area contributed by atoms with Gasteiger partial charge in [0.2, 0.25) is 0 Å². The van der Waals surface area contributed by atoms with Crippen LogP contribution in [0.2, 0.25) is 0 Å². The molecule has 7 heavy (non-hydrogen) atoms. The topological polar surface area (TPSA) is 0 Å². The van der Waals surface area contributed by atoms with E-state index in [-0.39, 0.29) is 0 Å². The minimum Gasteiger partial charge on any atom is -0.165 e. The van der Waals surface area contributed by atoms with Crippen molar-refractivity contribution in [3.05, 3.63) is 0 Å². The van der Waals surface area contributed by atoms with Crippen molar-refractivity contribution in [2.45, 2.75) is 13.3 Å². The van der Waals surface area contributed by atoms with Crippen molar-refractivity contribution in [3.8, 4) is 0 Å². The van der Waals surface area contributed by atoms with Gasteiger partial charge in [0.25, 0.3) is 0 Å². The van der Waals surface area contributed by atoms with Crippen LogP contribution in [0.5, 0.6) is 0 Å². The molecule has 0 nitrogen and oxygen atoms in total. The molecule has 0 heterocycles. The van der Waals surface area contributed by atoms with Gasteiger partial charge in [0.15, 0.2) is 0 Å². The lowest BCUT2D eigenvalue weighted by Crippen LogP contribution is -1.86. The van der Waals surface area contributed by atoms with E-state index < -0.39 is 0 Å². The Kier molecular flexibility index (Phi) is 4.88. The fourth-order valence-electron chi connectivity index (χ4n) is 0.246. The number of thioether (sulfide) groups is 1. The van der Waals surface area contributed by atoms with Gasteiger partial charge in [-0.3, -0.25) is 0 Å². The summed E-state index contributed by atoms with van der Waals surface area (Å²) in [6, 6.07) is 0. The maximum Gasteiger partial charge on any atom is -0.00249 e. The maximum absolute atomic E-state index is 4.85. The number of hydrogen-bond acceptors (Lipinski definition) is 2. The smallest absolute Gasteiger partial charge is 0.00249 e. The highest BCUT2D eigenvalue weighted by Gasteiger charge is 1.83. The van der Waals surface area contributed by atoms with Gasteiger partial charge in [-0.05, 0) is 30.2 Å². The summed E-state index contributed by atoms with van der Waals surface area (Å²) in [6.45, 7) is 1.99. The molecule has 0 atom stereocenters. The normalized spacial score (nSPS) is 8.86. The van der Waals surface area contributed by atoms with Crippen LogP contribution in [0.3, 0.4) is 0 Å². The Morgan fingerprint density at radius 3 is 2.43 bits per heavy atom. The van der Waals surface area contributed by atoms with Gasteiger partial charge in [-0.1, -0.05) is 12.2 Å². The Hall–Kier alpha value is 0.440. The predicted molar refractivity (Wildman–Crippen MR) is 41.3 cm³/mol. The van der Waals surface area contributed by atoms with E-state index >= 15 is 0 Å². The van der Waals surface area contributed by atoms with E-state index in [4.69, 9.17) is 12.2 Å². The van der Waals surface area contributed by atoms with Crippen LogP contribution in [-0.4, -0.2) is 16.9 Å². The van der Waals surface area contributed by atoms with E-state index in [0.29, 0.717) is 0 Å². The largest absolute Gasteiger partial charge is 0.165 e. The molecule has 0 saturated carbocycles. The number of thiocarbonyl (C=S) groups is 1. The van der Waals surface area contributed by atoms with Crippen molar-refractivity contribution in [3.63, 3.8) is 0 Å². The van der Waals surface area contributed by atoms with Gasteiger partial charge in [-0.25, -0.2) is 0 Å². The van der Waals surface area contributed by atoms with Crippen molar-refractivity contribution in [1.29, 1.82) is 0 Å². The summed E-state index contributed by atoms with van der Waals surface area (Å²) < 4.78 is 0. The highest BCUT2D eigenvalue weighted by Crippen LogP contribution is 1.96. The van der Waals surface area contributed by atoms with Crippen LogP contribution in [0.1, 0.15) is 13.3 Å². The van der Waals surface area contributed by atoms with E-state index in [1.807, 2.05) is 18.7 Å². The first-order chi connectivity index (χ1) is 3.27. The van der Waals surface area contributed by atoms with Gasteiger partial charge in [0.05, 0.1) is 0 Å². The van der Waals surface area contributed by atoms with Gasteiger partial charge in [-0.2, -0.15) is 11.8 Å². The van der Waals surface area contributed by atoms with Crippen LogP contribution in [0.15, 0.2) is 0 Å². The molecule has 0 aliphatic rings. The Morgan fingerprint density at radius 1 is 1.71 bits per heavy atom. The van der Waals surface area contributed by atoms with Crippen LogP contribution in [0, 0.1) is 0 Å². The van der Waals surface area contributed by atoms with E-state index in [1.54, 1.807) is 0 Å². The van der Waals surface area contributed by atoms with E-state index in [1.165, 1.54) is 5.75 Å². The van der Waals surface area contributed by atoms with Crippen LogP contribution in [-0.2, 0) is 0 Å². The molecule has 2 heteroatoms. The quantitative estimate of drug-likeness (QED) is 0.542. The molecule has 0 fully saturated rings. The lowest BCUT2D eigenvalue weighted by atomic mass is 10.4. The lowest BCUT2D eigenvalue weighted by Gasteiger charge is -1.89. The van der Waals surface area contributed by atoms with Crippen LogP contribution >= 0.6 is 24.0 Å². The van der Waals surface area contributed by atoms with Gasteiger partial charge < -0.3 is 0 Å². The highest BCUT2D eigenvalue weighted by atomic mass is 32.2. The molecule has 0 spiro atoms. The van der Waals surface area contributed by atoms with Gasteiger partial charge in [0.1, 0.15) is 0 Å². The Labute approximate surface area is 54.7 Å². The predicted octanol–water partition coefficient (Wildman–Crippen LogP) is 2.13. The Balaban J connectivity index is 2.82. The van der Waals surface area contributed by atoms with Crippen molar-refractivity contribution < 1.29 is 0 Å². The molecule has 0 aliphatic heterocycles. The lowest BCUT2D eigenvalue weighted by molar-refractivity contribution is 1.33. The van der Waals surface area contributed by atoms with E-state index in [0.717, 1.165) is 11.3 Å². The van der Waals surface area contributed by atoms with Gasteiger partial charge in [-0.15, -0.1) is 0 Å². The number of hydrogen-bond donors (Lipinski definition) is 0. The summed E-state index contributed by atoms with van der Waals surface area (Å²) in [7, 11) is 0. The second-order valence-electron chi connectivity index (χ2n) is 1.44. The van der Waals surface area contributed by atoms with E-state index in [2.05, 4.69) is 6.26 Å². The Bertz CT molecular complexity index is 59.1. The molecule has 0 saturated heterocycles. The van der Waals surface area contributed by atoms with Crippen molar-refractivity contribution >= 4 is 28.8 Å². The molecule has 0 radical (unpaired) electrons. The minimum atomic E-state index is 1.09. The second-order valence-corrected chi connectivity index (χ2v) is 3.13. The van der Waals surface area contributed by atoms with Crippen molar-refractivity contribution in [2.24, 2.45) is 0 Å². The molecule has 0 aliphatic carbocycles. The first kappa shape index (κ1) is 7.44. The maximum atomic E-state index is 4.85. The molecule has 0 N–H and O–H groups in total. The fraction of sp³-hybridized carbons (Fsp3) is 0.800. The van der Waals surface area contributed by atoms with Crippen LogP contribution in [0.4, 0.5) is 0 Å². The zero-order valence-electron chi connectivity index (χ0n) is 4.73. The SMILES string of the molecule is CSCCC(C)=S. The van der Waals surface area contributed by atoms with Gasteiger partial charge in [0, 0.05) is 0 Å². The minimum absolute atomic E-state index is 1.09. The molecule has 0 unspecified atom stereocenters. The molecular formula is C5H10S2. The third-order valence-corrected chi connectivity index (χ3v) is 1.47. The summed E-state index contributed by atoms with van der Waals surface area (Å²) in [5.74, 6) is 1.18. The second kappa shape index (κ2) is 4.60. The van der Waals surface area contributed by atoms with E-state index in [9.17, 15) is 0 Å². The van der Waals surface area contributed by atoms with Crippen molar-refractivity contribution in [2.75, 3.05) is 12.0 Å². The van der Waals surface area contributed by atoms with Crippen molar-refractivity contribution in [1.82, 2.24) is 0 Å². The molecule has 0 aromatic heterocycles. The third kappa shape index (κ3) is 6.44. The van der Waals surface area contributed by atoms with Gasteiger partial charge >= 0.3 is 0 Å². The zero-order valence-corrected chi connectivity index (χ0v) is 6.36. The zero-order chi connectivity index (χ0) is 5.70. The molecule has 0 amide bonds. The molecule has 42 valence electrons. The standard InChI is InChI=1S/C5H10S2/c1-5(6)3-4-7-2/h3-4H2,1-2H3. The Morgan fingerprint density at radius 2 is 2.29 bits per heavy atom. The average molecular weight is 134 g/mol. The summed E-state index contributed by atoms with van der Waals surface area (Å²) in [5, 5.41) is 0. The summed E-state index contributed by atoms with van der Waals surface area (Å²) >= 11 is 6.69. The monoisotopic (exact) mass is 134 g/mol. The molecule has 0 aromatic rings. The first-order valence-corrected chi connectivity index (χ1v) is 4.06. The molecule has 0 aromatic carbocycles. The number of rotatable bonds is 3.